The normalized spacial score (nSPS) is 11.4. The van der Waals surface area contributed by atoms with Crippen molar-refractivity contribution in [2.75, 3.05) is 13.7 Å². The van der Waals surface area contributed by atoms with Crippen LogP contribution in [0.3, 0.4) is 0 Å². The molecule has 0 aliphatic rings. The topological polar surface area (TPSA) is 86.5 Å². The van der Waals surface area contributed by atoms with Crippen molar-refractivity contribution in [1.29, 1.82) is 0 Å². The maximum atomic E-state index is 11.1. The van der Waals surface area contributed by atoms with E-state index in [4.69, 9.17) is 14.6 Å². The smallest absolute Gasteiger partial charge is 0.338 e. The van der Waals surface area contributed by atoms with Gasteiger partial charge in [-0.25, -0.2) is 4.79 Å². The van der Waals surface area contributed by atoms with Gasteiger partial charge in [-0.15, -0.1) is 0 Å². The standard InChI is InChI=1S/C17H21N3O4/c1-4-5-14-9-18-20(19-14)15-7-6-12(2)16(8-15)24-11-13(10-23-3)17(21)22/h6-10H,4-5,11H2,1-3H3,(H,21,22)/b13-10-. The summed E-state index contributed by atoms with van der Waals surface area (Å²) < 4.78 is 10.4. The van der Waals surface area contributed by atoms with Gasteiger partial charge in [0.15, 0.2) is 0 Å². The van der Waals surface area contributed by atoms with Gasteiger partial charge >= 0.3 is 5.97 Å². The van der Waals surface area contributed by atoms with Gasteiger partial charge in [0.25, 0.3) is 0 Å². The number of aryl methyl sites for hydroxylation is 2. The summed E-state index contributed by atoms with van der Waals surface area (Å²) in [6.07, 6.45) is 4.78. The maximum absolute atomic E-state index is 11.1. The summed E-state index contributed by atoms with van der Waals surface area (Å²) in [5.74, 6) is -0.506. The van der Waals surface area contributed by atoms with Gasteiger partial charge in [-0.1, -0.05) is 19.4 Å². The molecule has 24 heavy (non-hydrogen) atoms. The number of hydrogen-bond donors (Lipinski definition) is 1. The zero-order chi connectivity index (χ0) is 17.5. The van der Waals surface area contributed by atoms with Crippen LogP contribution in [0.5, 0.6) is 5.75 Å². The highest BCUT2D eigenvalue weighted by Gasteiger charge is 2.11. The molecular weight excluding hydrogens is 310 g/mol. The van der Waals surface area contributed by atoms with Crippen LogP contribution in [0.25, 0.3) is 5.69 Å². The van der Waals surface area contributed by atoms with Gasteiger partial charge in [0.1, 0.15) is 17.9 Å². The van der Waals surface area contributed by atoms with Crippen molar-refractivity contribution in [2.45, 2.75) is 26.7 Å². The summed E-state index contributed by atoms with van der Waals surface area (Å²) in [6, 6.07) is 5.56. The molecule has 0 aliphatic carbocycles. The van der Waals surface area contributed by atoms with Crippen molar-refractivity contribution in [3.63, 3.8) is 0 Å². The number of ether oxygens (including phenoxy) is 2. The van der Waals surface area contributed by atoms with Gasteiger partial charge in [0, 0.05) is 6.07 Å². The molecule has 0 radical (unpaired) electrons. The molecule has 2 rings (SSSR count). The van der Waals surface area contributed by atoms with E-state index < -0.39 is 5.97 Å². The van der Waals surface area contributed by atoms with E-state index >= 15 is 0 Å². The first-order valence-corrected chi connectivity index (χ1v) is 7.65. The Hall–Kier alpha value is -2.83. The summed E-state index contributed by atoms with van der Waals surface area (Å²) in [4.78, 5) is 12.6. The van der Waals surface area contributed by atoms with Crippen LogP contribution >= 0.6 is 0 Å². The van der Waals surface area contributed by atoms with E-state index in [2.05, 4.69) is 17.1 Å². The minimum absolute atomic E-state index is 0.0322. The second kappa shape index (κ2) is 8.14. The quantitative estimate of drug-likeness (QED) is 0.591. The molecule has 7 nitrogen and oxygen atoms in total. The minimum atomic E-state index is -1.08. The first-order chi connectivity index (χ1) is 11.5. The van der Waals surface area contributed by atoms with Crippen molar-refractivity contribution in [1.82, 2.24) is 15.0 Å². The Morgan fingerprint density at radius 2 is 2.21 bits per heavy atom. The predicted molar refractivity (Wildman–Crippen MR) is 88.3 cm³/mol. The van der Waals surface area contributed by atoms with Gasteiger partial charge in [-0.2, -0.15) is 15.0 Å². The molecule has 1 aromatic carbocycles. The molecule has 0 saturated heterocycles. The first-order valence-electron chi connectivity index (χ1n) is 7.65. The van der Waals surface area contributed by atoms with E-state index in [1.165, 1.54) is 7.11 Å². The third-order valence-electron chi connectivity index (χ3n) is 3.37. The molecule has 0 saturated carbocycles. The van der Waals surface area contributed by atoms with Crippen LogP contribution in [0.1, 0.15) is 24.6 Å². The van der Waals surface area contributed by atoms with Crippen molar-refractivity contribution in [3.05, 3.63) is 47.5 Å². The fourth-order valence-electron chi connectivity index (χ4n) is 2.10. The number of carbonyl (C=O) groups is 1. The Morgan fingerprint density at radius 3 is 2.88 bits per heavy atom. The van der Waals surface area contributed by atoms with E-state index in [-0.39, 0.29) is 12.2 Å². The fraction of sp³-hybridized carbons (Fsp3) is 0.353. The van der Waals surface area contributed by atoms with Gasteiger partial charge in [0.05, 0.1) is 31.0 Å². The molecule has 0 aliphatic heterocycles. The zero-order valence-electron chi connectivity index (χ0n) is 14.0. The molecule has 1 N–H and O–H groups in total. The summed E-state index contributed by atoms with van der Waals surface area (Å²) in [5, 5.41) is 17.8. The molecule has 0 fully saturated rings. The minimum Gasteiger partial charge on any atom is -0.504 e. The number of benzene rings is 1. The van der Waals surface area contributed by atoms with Gasteiger partial charge in [-0.05, 0) is 25.0 Å². The van der Waals surface area contributed by atoms with Crippen LogP contribution in [0.2, 0.25) is 0 Å². The lowest BCUT2D eigenvalue weighted by atomic mass is 10.2. The van der Waals surface area contributed by atoms with Crippen LogP contribution < -0.4 is 4.74 Å². The molecule has 0 unspecified atom stereocenters. The first kappa shape index (κ1) is 17.5. The number of rotatable bonds is 8. The Balaban J connectivity index is 2.18. The fourth-order valence-corrected chi connectivity index (χ4v) is 2.10. The predicted octanol–water partition coefficient (Wildman–Crippen LogP) is 2.52. The van der Waals surface area contributed by atoms with Gasteiger partial charge in [0.2, 0.25) is 0 Å². The lowest BCUT2D eigenvalue weighted by molar-refractivity contribution is -0.133. The summed E-state index contributed by atoms with van der Waals surface area (Å²) in [6.45, 7) is 3.88. The molecule has 0 spiro atoms. The average molecular weight is 331 g/mol. The van der Waals surface area contributed by atoms with Crippen LogP contribution in [-0.2, 0) is 16.0 Å². The van der Waals surface area contributed by atoms with Gasteiger partial charge in [-0.3, -0.25) is 0 Å². The summed E-state index contributed by atoms with van der Waals surface area (Å²) >= 11 is 0. The maximum Gasteiger partial charge on any atom is 0.338 e. The molecule has 1 aromatic heterocycles. The molecule has 0 amide bonds. The van der Waals surface area contributed by atoms with E-state index in [1.807, 2.05) is 19.1 Å². The average Bonchev–Trinajstić information content (AvgIpc) is 3.01. The molecular formula is C17H21N3O4. The highest BCUT2D eigenvalue weighted by atomic mass is 16.5. The van der Waals surface area contributed by atoms with Crippen molar-refractivity contribution < 1.29 is 19.4 Å². The van der Waals surface area contributed by atoms with E-state index in [9.17, 15) is 4.79 Å². The number of aromatic nitrogens is 3. The largest absolute Gasteiger partial charge is 0.504 e. The third kappa shape index (κ3) is 4.34. The van der Waals surface area contributed by atoms with Crippen molar-refractivity contribution >= 4 is 5.97 Å². The number of methoxy groups -OCH3 is 1. The van der Waals surface area contributed by atoms with E-state index in [0.29, 0.717) is 5.75 Å². The highest BCUT2D eigenvalue weighted by molar-refractivity contribution is 5.86. The molecule has 2 aromatic rings. The second-order valence-corrected chi connectivity index (χ2v) is 5.30. The van der Waals surface area contributed by atoms with E-state index in [1.54, 1.807) is 17.1 Å². The number of carboxylic acid groups (broad SMARTS) is 1. The van der Waals surface area contributed by atoms with Crippen LogP contribution in [0, 0.1) is 6.92 Å². The third-order valence-corrected chi connectivity index (χ3v) is 3.37. The number of nitrogens with zero attached hydrogens (tertiary/aromatic N) is 3. The van der Waals surface area contributed by atoms with Crippen molar-refractivity contribution in [2.24, 2.45) is 0 Å². The Labute approximate surface area is 140 Å². The second-order valence-electron chi connectivity index (χ2n) is 5.30. The highest BCUT2D eigenvalue weighted by Crippen LogP contribution is 2.22. The summed E-state index contributed by atoms with van der Waals surface area (Å²) in [7, 11) is 1.39. The monoisotopic (exact) mass is 331 g/mol. The van der Waals surface area contributed by atoms with E-state index in [0.717, 1.165) is 36.0 Å². The number of carboxylic acids is 1. The van der Waals surface area contributed by atoms with Crippen LogP contribution in [-0.4, -0.2) is 39.8 Å². The molecule has 0 bridgehead atoms. The SMILES string of the molecule is CCCc1cnn(-c2ccc(C)c(OC/C(=C/OC)C(=O)O)c2)n1. The number of hydrogen-bond acceptors (Lipinski definition) is 5. The Kier molecular flexibility index (Phi) is 5.95. The molecule has 128 valence electrons. The van der Waals surface area contributed by atoms with Gasteiger partial charge < -0.3 is 14.6 Å². The molecule has 7 heteroatoms. The lowest BCUT2D eigenvalue weighted by Gasteiger charge is -2.11. The van der Waals surface area contributed by atoms with Crippen LogP contribution in [0.15, 0.2) is 36.2 Å². The van der Waals surface area contributed by atoms with Crippen molar-refractivity contribution in [3.8, 4) is 11.4 Å². The Bertz CT molecular complexity index is 737. The zero-order valence-corrected chi connectivity index (χ0v) is 14.0. The molecule has 0 atom stereocenters. The number of aliphatic carboxylic acids is 1. The van der Waals surface area contributed by atoms with Crippen LogP contribution in [0.4, 0.5) is 0 Å². The molecule has 1 heterocycles. The lowest BCUT2D eigenvalue weighted by Crippen LogP contribution is -2.11. The summed E-state index contributed by atoms with van der Waals surface area (Å²) in [5.41, 5.74) is 2.61. The Morgan fingerprint density at radius 1 is 1.42 bits per heavy atom.